The third kappa shape index (κ3) is 2.59. The minimum absolute atomic E-state index is 0.0553. The monoisotopic (exact) mass is 333 g/mol. The lowest BCUT2D eigenvalue weighted by molar-refractivity contribution is -0.119. The lowest BCUT2D eigenvalue weighted by Gasteiger charge is -2.18. The summed E-state index contributed by atoms with van der Waals surface area (Å²) in [4.78, 5) is 14.2. The Balaban J connectivity index is 1.99. The minimum Gasteiger partial charge on any atom is -0.497 e. The van der Waals surface area contributed by atoms with Crippen LogP contribution in [0.25, 0.3) is 0 Å². The summed E-state index contributed by atoms with van der Waals surface area (Å²) in [7, 11) is 3.17. The Morgan fingerprint density at radius 3 is 2.78 bits per heavy atom. The highest BCUT2D eigenvalue weighted by Gasteiger charge is 2.38. The molecule has 0 N–H and O–H groups in total. The van der Waals surface area contributed by atoms with Crippen molar-refractivity contribution in [1.29, 1.82) is 0 Å². The minimum atomic E-state index is -0.336. The fraction of sp³-hybridized carbons (Fsp3) is 0.312. The summed E-state index contributed by atoms with van der Waals surface area (Å²) in [6.07, 6.45) is 1.46. The van der Waals surface area contributed by atoms with Crippen LogP contribution in [-0.2, 0) is 11.3 Å². The molecule has 2 heterocycles. The Morgan fingerprint density at radius 1 is 1.30 bits per heavy atom. The smallest absolute Gasteiger partial charge is 0.235 e. The summed E-state index contributed by atoms with van der Waals surface area (Å²) in [5.74, 6) is 1.45. The van der Waals surface area contributed by atoms with E-state index in [1.165, 1.54) is 6.20 Å². The highest BCUT2D eigenvalue weighted by Crippen LogP contribution is 2.40. The molecular weight excluding hydrogens is 318 g/mol. The van der Waals surface area contributed by atoms with Gasteiger partial charge >= 0.3 is 0 Å². The van der Waals surface area contributed by atoms with Crippen LogP contribution in [0.5, 0.6) is 11.5 Å². The number of methoxy groups -OCH3 is 2. The summed E-state index contributed by atoms with van der Waals surface area (Å²) < 4.78 is 10.6. The van der Waals surface area contributed by atoms with E-state index < -0.39 is 0 Å². The van der Waals surface area contributed by atoms with E-state index in [4.69, 9.17) is 21.1 Å². The number of carbonyl (C=O) groups is 1. The number of aromatic nitrogens is 2. The summed E-state index contributed by atoms with van der Waals surface area (Å²) in [5, 5.41) is 8.41. The van der Waals surface area contributed by atoms with Crippen LogP contribution in [0.4, 0.5) is 5.82 Å². The number of hydrogen-bond donors (Lipinski definition) is 0. The van der Waals surface area contributed by atoms with E-state index in [1.54, 1.807) is 25.2 Å². The standard InChI is InChI=1S/C16H16ClN3O3/c1-9-14-12(17)7-18-19-15(14)20(16(9)21)8-10-4-5-11(22-2)6-13(10)23-3/h4-7,9H,8H2,1-3H3. The number of carbonyl (C=O) groups excluding carboxylic acids is 1. The molecule has 1 aromatic heterocycles. The van der Waals surface area contributed by atoms with Gasteiger partial charge < -0.3 is 9.47 Å². The van der Waals surface area contributed by atoms with Crippen molar-refractivity contribution in [1.82, 2.24) is 10.2 Å². The number of fused-ring (bicyclic) bond motifs is 1. The number of amides is 1. The molecule has 2 aromatic rings. The second-order valence-electron chi connectivity index (χ2n) is 5.25. The molecule has 1 aromatic carbocycles. The Kier molecular flexibility index (Phi) is 4.09. The molecule has 0 fully saturated rings. The van der Waals surface area contributed by atoms with E-state index in [1.807, 2.05) is 19.1 Å². The van der Waals surface area contributed by atoms with Gasteiger partial charge in [0.2, 0.25) is 5.91 Å². The number of benzene rings is 1. The topological polar surface area (TPSA) is 64.5 Å². The first-order valence-corrected chi connectivity index (χ1v) is 7.48. The number of ether oxygens (including phenoxy) is 2. The van der Waals surface area contributed by atoms with Gasteiger partial charge in [0.05, 0.1) is 37.9 Å². The maximum absolute atomic E-state index is 12.6. The Morgan fingerprint density at radius 2 is 2.09 bits per heavy atom. The van der Waals surface area contributed by atoms with Gasteiger partial charge in [0.25, 0.3) is 0 Å². The summed E-state index contributed by atoms with van der Waals surface area (Å²) >= 11 is 6.17. The SMILES string of the molecule is COc1ccc(CN2C(=O)C(C)c3c(Cl)cnnc32)c(OC)c1. The highest BCUT2D eigenvalue weighted by molar-refractivity contribution is 6.32. The number of anilines is 1. The molecule has 1 unspecified atom stereocenters. The molecule has 0 saturated heterocycles. The third-order valence-corrected chi connectivity index (χ3v) is 4.27. The zero-order valence-electron chi connectivity index (χ0n) is 13.0. The average Bonchev–Trinajstić information content (AvgIpc) is 2.81. The van der Waals surface area contributed by atoms with Crippen LogP contribution in [0.1, 0.15) is 24.0 Å². The fourth-order valence-electron chi connectivity index (χ4n) is 2.73. The van der Waals surface area contributed by atoms with Gasteiger partial charge in [0, 0.05) is 17.2 Å². The molecule has 0 bridgehead atoms. The van der Waals surface area contributed by atoms with Gasteiger partial charge in [-0.05, 0) is 19.1 Å². The number of halogens is 1. The van der Waals surface area contributed by atoms with Crippen molar-refractivity contribution in [2.75, 3.05) is 19.1 Å². The first-order valence-electron chi connectivity index (χ1n) is 7.10. The van der Waals surface area contributed by atoms with Crippen LogP contribution in [0, 0.1) is 0 Å². The van der Waals surface area contributed by atoms with Crippen molar-refractivity contribution in [3.63, 3.8) is 0 Å². The Labute approximate surface area is 139 Å². The lowest BCUT2D eigenvalue weighted by atomic mass is 10.1. The third-order valence-electron chi connectivity index (χ3n) is 3.97. The van der Waals surface area contributed by atoms with Crippen molar-refractivity contribution >= 4 is 23.3 Å². The van der Waals surface area contributed by atoms with Crippen molar-refractivity contribution in [2.24, 2.45) is 0 Å². The van der Waals surface area contributed by atoms with E-state index in [9.17, 15) is 4.79 Å². The van der Waals surface area contributed by atoms with Crippen molar-refractivity contribution in [2.45, 2.75) is 19.4 Å². The van der Waals surface area contributed by atoms with Gasteiger partial charge in [0.1, 0.15) is 11.5 Å². The zero-order chi connectivity index (χ0) is 16.6. The van der Waals surface area contributed by atoms with Gasteiger partial charge in [-0.25, -0.2) is 0 Å². The van der Waals surface area contributed by atoms with Crippen LogP contribution in [0.2, 0.25) is 5.02 Å². The summed E-state index contributed by atoms with van der Waals surface area (Å²) in [6, 6.07) is 5.47. The molecule has 0 spiro atoms. The van der Waals surface area contributed by atoms with Gasteiger partial charge in [0.15, 0.2) is 5.82 Å². The molecule has 120 valence electrons. The van der Waals surface area contributed by atoms with Gasteiger partial charge in [-0.15, -0.1) is 5.10 Å². The first-order chi connectivity index (χ1) is 11.1. The highest BCUT2D eigenvalue weighted by atomic mass is 35.5. The first kappa shape index (κ1) is 15.6. The molecule has 23 heavy (non-hydrogen) atoms. The van der Waals surface area contributed by atoms with Crippen LogP contribution in [-0.4, -0.2) is 30.3 Å². The average molecular weight is 334 g/mol. The van der Waals surface area contributed by atoms with Crippen molar-refractivity contribution in [3.8, 4) is 11.5 Å². The molecule has 1 atom stereocenters. The predicted octanol–water partition coefficient (Wildman–Crippen LogP) is 2.80. The van der Waals surface area contributed by atoms with E-state index in [-0.39, 0.29) is 11.8 Å². The normalized spacial score (nSPS) is 16.4. The molecule has 1 aliphatic heterocycles. The fourth-order valence-corrected chi connectivity index (χ4v) is 3.02. The number of rotatable bonds is 4. The maximum Gasteiger partial charge on any atom is 0.235 e. The van der Waals surface area contributed by atoms with Crippen LogP contribution in [0.3, 0.4) is 0 Å². The Bertz CT molecular complexity index is 766. The number of nitrogens with zero attached hydrogens (tertiary/aromatic N) is 3. The van der Waals surface area contributed by atoms with Gasteiger partial charge in [-0.3, -0.25) is 9.69 Å². The predicted molar refractivity (Wildman–Crippen MR) is 86.2 cm³/mol. The molecule has 1 aliphatic rings. The Hall–Kier alpha value is -2.34. The van der Waals surface area contributed by atoms with E-state index in [0.29, 0.717) is 28.9 Å². The summed E-state index contributed by atoms with van der Waals surface area (Å²) in [6.45, 7) is 2.15. The lowest BCUT2D eigenvalue weighted by Crippen LogP contribution is -2.28. The largest absolute Gasteiger partial charge is 0.497 e. The zero-order valence-corrected chi connectivity index (χ0v) is 13.8. The maximum atomic E-state index is 12.6. The molecule has 6 nitrogen and oxygen atoms in total. The van der Waals surface area contributed by atoms with Crippen LogP contribution < -0.4 is 14.4 Å². The van der Waals surface area contributed by atoms with Crippen LogP contribution in [0.15, 0.2) is 24.4 Å². The second-order valence-corrected chi connectivity index (χ2v) is 5.66. The molecule has 3 rings (SSSR count). The quantitative estimate of drug-likeness (QED) is 0.860. The van der Waals surface area contributed by atoms with Gasteiger partial charge in [-0.2, -0.15) is 5.10 Å². The molecular formula is C16H16ClN3O3. The molecule has 1 amide bonds. The van der Waals surface area contributed by atoms with E-state index in [0.717, 1.165) is 11.1 Å². The van der Waals surface area contributed by atoms with Crippen molar-refractivity contribution in [3.05, 3.63) is 40.5 Å². The molecule has 0 radical (unpaired) electrons. The second kappa shape index (κ2) is 6.04. The molecule has 7 heteroatoms. The number of hydrogen-bond acceptors (Lipinski definition) is 5. The molecule has 0 saturated carbocycles. The van der Waals surface area contributed by atoms with E-state index >= 15 is 0 Å². The van der Waals surface area contributed by atoms with Crippen molar-refractivity contribution < 1.29 is 14.3 Å². The molecule has 0 aliphatic carbocycles. The van der Waals surface area contributed by atoms with E-state index in [2.05, 4.69) is 10.2 Å². The van der Waals surface area contributed by atoms with Crippen LogP contribution >= 0.6 is 11.6 Å². The summed E-state index contributed by atoms with van der Waals surface area (Å²) in [5.41, 5.74) is 1.57. The van der Waals surface area contributed by atoms with Gasteiger partial charge in [-0.1, -0.05) is 11.6 Å².